The van der Waals surface area contributed by atoms with Gasteiger partial charge in [-0.05, 0) is 34.6 Å². The monoisotopic (exact) mass is 230 g/mol. The van der Waals surface area contributed by atoms with Crippen molar-refractivity contribution in [3.8, 4) is 5.75 Å². The van der Waals surface area contributed by atoms with Gasteiger partial charge in [-0.15, -0.1) is 9.81 Å². The number of hydrogen-bond acceptors (Lipinski definition) is 5. The molecule has 0 aromatic heterocycles. The van der Waals surface area contributed by atoms with Gasteiger partial charge < -0.3 is 5.11 Å². The molecule has 0 aliphatic heterocycles. The predicted molar refractivity (Wildman–Crippen MR) is 65.5 cm³/mol. The molecule has 2 rings (SSSR count). The molecule has 0 heterocycles. The van der Waals surface area contributed by atoms with Crippen molar-refractivity contribution in [3.05, 3.63) is 64.4 Å². The van der Waals surface area contributed by atoms with E-state index >= 15 is 0 Å². The van der Waals surface area contributed by atoms with Gasteiger partial charge in [-0.25, -0.2) is 0 Å². The molecule has 17 heavy (non-hydrogen) atoms. The van der Waals surface area contributed by atoms with Crippen LogP contribution in [0.2, 0.25) is 0 Å². The van der Waals surface area contributed by atoms with Crippen LogP contribution in [0.3, 0.4) is 0 Å². The Morgan fingerprint density at radius 1 is 0.706 bits per heavy atom. The average Bonchev–Trinajstić information content (AvgIpc) is 2.40. The molecule has 0 saturated heterocycles. The Morgan fingerprint density at radius 2 is 1.12 bits per heavy atom. The highest BCUT2D eigenvalue weighted by atomic mass is 16.3. The fourth-order valence-electron chi connectivity index (χ4n) is 1.05. The normalized spacial score (nSPS) is 8.71. The van der Waals surface area contributed by atoms with E-state index in [1.807, 2.05) is 6.07 Å². The summed E-state index contributed by atoms with van der Waals surface area (Å²) in [5.74, 6) is 0.322. The lowest BCUT2D eigenvalue weighted by atomic mass is 10.3. The summed E-state index contributed by atoms with van der Waals surface area (Å²) in [5.41, 5.74) is 0.162. The first-order valence-corrected chi connectivity index (χ1v) is 4.77. The van der Waals surface area contributed by atoms with Crippen LogP contribution in [0.5, 0.6) is 5.75 Å². The van der Waals surface area contributed by atoms with Crippen LogP contribution in [-0.4, -0.2) is 5.11 Å². The number of para-hydroxylation sites is 1. The zero-order valence-electron chi connectivity index (χ0n) is 8.85. The van der Waals surface area contributed by atoms with E-state index in [-0.39, 0.29) is 11.4 Å². The van der Waals surface area contributed by atoms with Crippen molar-refractivity contribution < 1.29 is 5.11 Å². The summed E-state index contributed by atoms with van der Waals surface area (Å²) < 4.78 is 0. The van der Waals surface area contributed by atoms with Crippen LogP contribution in [0.25, 0.3) is 0 Å². The lowest BCUT2D eigenvalue weighted by Crippen LogP contribution is -1.62. The molecule has 86 valence electrons. The maximum atomic E-state index is 9.94. The largest absolute Gasteiger partial charge is 0.508 e. The minimum absolute atomic E-state index is 0.0810. The molecule has 1 N–H and O–H groups in total. The summed E-state index contributed by atoms with van der Waals surface area (Å²) in [6, 6.07) is 14.8. The van der Waals surface area contributed by atoms with Gasteiger partial charge in [0.2, 0.25) is 0 Å². The minimum atomic E-state index is 0.0810. The molecule has 0 radical (unpaired) electrons. The molecule has 0 atom stereocenters. The molecule has 0 amide bonds. The lowest BCUT2D eigenvalue weighted by molar-refractivity contribution is 0.475. The van der Waals surface area contributed by atoms with Gasteiger partial charge in [0.1, 0.15) is 17.1 Å². The van der Waals surface area contributed by atoms with Gasteiger partial charge in [0, 0.05) is 0 Å². The SMILES string of the molecule is O=Nc1ccccc1N=O.Oc1ccccc1. The van der Waals surface area contributed by atoms with Gasteiger partial charge in [-0.3, -0.25) is 0 Å². The third kappa shape index (κ3) is 4.21. The van der Waals surface area contributed by atoms with Gasteiger partial charge in [-0.2, -0.15) is 0 Å². The highest BCUT2D eigenvalue weighted by molar-refractivity contribution is 5.60. The molecule has 2 aromatic rings. The molecule has 0 unspecified atom stereocenters. The zero-order chi connectivity index (χ0) is 12.5. The fraction of sp³-hybridized carbons (Fsp3) is 0. The first-order chi connectivity index (χ1) is 8.27. The Labute approximate surface area is 97.7 Å². The van der Waals surface area contributed by atoms with E-state index in [9.17, 15) is 9.81 Å². The van der Waals surface area contributed by atoms with E-state index in [0.29, 0.717) is 5.75 Å². The van der Waals surface area contributed by atoms with E-state index in [1.165, 1.54) is 12.1 Å². The van der Waals surface area contributed by atoms with Gasteiger partial charge in [0.15, 0.2) is 0 Å². The number of nitrogens with zero attached hydrogens (tertiary/aromatic N) is 2. The zero-order valence-corrected chi connectivity index (χ0v) is 8.85. The highest BCUT2D eigenvalue weighted by Gasteiger charge is 1.98. The molecular formula is C12H10N2O3. The van der Waals surface area contributed by atoms with E-state index in [4.69, 9.17) is 5.11 Å². The van der Waals surface area contributed by atoms with Crippen molar-refractivity contribution in [2.45, 2.75) is 0 Å². The topological polar surface area (TPSA) is 79.1 Å². The van der Waals surface area contributed by atoms with Crippen LogP contribution in [0.15, 0.2) is 65.0 Å². The summed E-state index contributed by atoms with van der Waals surface area (Å²) >= 11 is 0. The van der Waals surface area contributed by atoms with Crippen molar-refractivity contribution >= 4 is 11.4 Å². The van der Waals surface area contributed by atoms with Crippen molar-refractivity contribution in [1.82, 2.24) is 0 Å². The van der Waals surface area contributed by atoms with E-state index < -0.39 is 0 Å². The Hall–Kier alpha value is -2.56. The smallest absolute Gasteiger partial charge is 0.137 e. The quantitative estimate of drug-likeness (QED) is 0.795. The first-order valence-electron chi connectivity index (χ1n) is 4.77. The van der Waals surface area contributed by atoms with Crippen LogP contribution >= 0.6 is 0 Å². The van der Waals surface area contributed by atoms with Gasteiger partial charge in [0.05, 0.1) is 0 Å². The summed E-state index contributed by atoms with van der Waals surface area (Å²) in [5, 5.41) is 13.8. The molecule has 0 aliphatic rings. The molecule has 5 heteroatoms. The molecule has 0 bridgehead atoms. The first kappa shape index (κ1) is 12.5. The summed E-state index contributed by atoms with van der Waals surface area (Å²) in [4.78, 5) is 19.9. The highest BCUT2D eigenvalue weighted by Crippen LogP contribution is 2.25. The lowest BCUT2D eigenvalue weighted by Gasteiger charge is -1.88. The van der Waals surface area contributed by atoms with Crippen LogP contribution in [0, 0.1) is 9.81 Å². The number of nitroso groups, excluding NO2 is 2. The van der Waals surface area contributed by atoms with Gasteiger partial charge >= 0.3 is 0 Å². The standard InChI is InChI=1S/C6H4N2O2.C6H6O/c9-7-5-3-1-2-4-6(5)8-10;7-6-4-2-1-3-5-6/h1-4H;1-5,7H. The third-order valence-electron chi connectivity index (χ3n) is 1.83. The Bertz CT molecular complexity index is 459. The second-order valence-corrected chi connectivity index (χ2v) is 3.01. The average molecular weight is 230 g/mol. The summed E-state index contributed by atoms with van der Waals surface area (Å²) in [6.45, 7) is 0. The predicted octanol–water partition coefficient (Wildman–Crippen LogP) is 3.87. The Balaban J connectivity index is 0.000000181. The van der Waals surface area contributed by atoms with Crippen molar-refractivity contribution in [1.29, 1.82) is 0 Å². The molecule has 0 spiro atoms. The molecule has 0 fully saturated rings. The van der Waals surface area contributed by atoms with E-state index in [2.05, 4.69) is 10.4 Å². The van der Waals surface area contributed by atoms with Crippen molar-refractivity contribution in [3.63, 3.8) is 0 Å². The molecular weight excluding hydrogens is 220 g/mol. The number of phenols is 1. The van der Waals surface area contributed by atoms with E-state index in [1.54, 1.807) is 36.4 Å². The van der Waals surface area contributed by atoms with Crippen molar-refractivity contribution in [2.75, 3.05) is 0 Å². The van der Waals surface area contributed by atoms with Crippen molar-refractivity contribution in [2.24, 2.45) is 10.4 Å². The number of benzene rings is 2. The maximum Gasteiger partial charge on any atom is 0.137 e. The molecule has 2 aromatic carbocycles. The van der Waals surface area contributed by atoms with Crippen LogP contribution < -0.4 is 0 Å². The van der Waals surface area contributed by atoms with E-state index in [0.717, 1.165) is 0 Å². The second-order valence-electron chi connectivity index (χ2n) is 3.01. The Morgan fingerprint density at radius 3 is 1.41 bits per heavy atom. The third-order valence-corrected chi connectivity index (χ3v) is 1.83. The summed E-state index contributed by atoms with van der Waals surface area (Å²) in [7, 11) is 0. The minimum Gasteiger partial charge on any atom is -0.508 e. The number of phenolic OH excluding ortho intramolecular Hbond substituents is 1. The van der Waals surface area contributed by atoms with Gasteiger partial charge in [0.25, 0.3) is 0 Å². The van der Waals surface area contributed by atoms with Crippen LogP contribution in [0.4, 0.5) is 11.4 Å². The molecule has 5 nitrogen and oxygen atoms in total. The molecule has 0 saturated carbocycles. The second kappa shape index (κ2) is 6.84. The van der Waals surface area contributed by atoms with Crippen LogP contribution in [-0.2, 0) is 0 Å². The molecule has 0 aliphatic carbocycles. The number of aromatic hydroxyl groups is 1. The number of rotatable bonds is 2. The Kier molecular flexibility index (Phi) is 5.03. The maximum absolute atomic E-state index is 9.94. The van der Waals surface area contributed by atoms with Gasteiger partial charge in [-0.1, -0.05) is 30.3 Å². The van der Waals surface area contributed by atoms with Crippen LogP contribution in [0.1, 0.15) is 0 Å². The fourth-order valence-corrected chi connectivity index (χ4v) is 1.05. The number of hydrogen-bond donors (Lipinski definition) is 1. The summed E-state index contributed by atoms with van der Waals surface area (Å²) in [6.07, 6.45) is 0.